The molecule has 1 unspecified atom stereocenters. The molecule has 1 atom stereocenters. The average molecular weight is 356 g/mol. The highest BCUT2D eigenvalue weighted by molar-refractivity contribution is 6.62. The van der Waals surface area contributed by atoms with Crippen LogP contribution in [0.1, 0.15) is 59.4 Å². The maximum Gasteiger partial charge on any atom is 0.494 e. The van der Waals surface area contributed by atoms with E-state index in [4.69, 9.17) is 14.0 Å². The van der Waals surface area contributed by atoms with Crippen molar-refractivity contribution in [3.05, 3.63) is 35.9 Å². The van der Waals surface area contributed by atoms with E-state index < -0.39 is 0 Å². The Morgan fingerprint density at radius 3 is 2.27 bits per heavy atom. The lowest BCUT2D eigenvalue weighted by molar-refractivity contribution is -0.148. The molecule has 1 aliphatic carbocycles. The molecule has 1 fully saturated rings. The highest BCUT2D eigenvalue weighted by atomic mass is 16.7. The van der Waals surface area contributed by atoms with Crippen molar-refractivity contribution in [1.29, 1.82) is 0 Å². The lowest BCUT2D eigenvalue weighted by atomic mass is 9.78. The molecule has 26 heavy (non-hydrogen) atoms. The summed E-state index contributed by atoms with van der Waals surface area (Å²) in [5, 5.41) is 0. The van der Waals surface area contributed by atoms with Crippen LogP contribution >= 0.6 is 0 Å². The summed E-state index contributed by atoms with van der Waals surface area (Å²) in [4.78, 5) is 11.9. The molecule has 1 heterocycles. The molecule has 2 aliphatic rings. The average Bonchev–Trinajstić information content (AvgIpc) is 2.83. The number of benzene rings is 1. The molecule has 4 nitrogen and oxygen atoms in total. The first kappa shape index (κ1) is 19.2. The van der Waals surface area contributed by atoms with Crippen molar-refractivity contribution in [2.24, 2.45) is 5.92 Å². The second-order valence-corrected chi connectivity index (χ2v) is 8.16. The number of ether oxygens (including phenoxy) is 1. The Hall–Kier alpha value is -1.59. The number of esters is 1. The van der Waals surface area contributed by atoms with Gasteiger partial charge in [0.15, 0.2) is 0 Å². The Balaban J connectivity index is 1.67. The summed E-state index contributed by atoms with van der Waals surface area (Å²) in [7, 11) is -0.331. The van der Waals surface area contributed by atoms with Crippen molar-refractivity contribution in [3.63, 3.8) is 0 Å². The first-order chi connectivity index (χ1) is 12.2. The molecule has 1 aromatic rings. The lowest BCUT2D eigenvalue weighted by Crippen LogP contribution is -2.41. The van der Waals surface area contributed by atoms with Crippen molar-refractivity contribution >= 4 is 24.1 Å². The summed E-state index contributed by atoms with van der Waals surface area (Å²) in [5.74, 6) is -0.0679. The van der Waals surface area contributed by atoms with E-state index in [1.807, 2.05) is 6.92 Å². The van der Waals surface area contributed by atoms with E-state index in [1.165, 1.54) is 11.1 Å². The molecule has 0 aromatic heterocycles. The minimum Gasteiger partial charge on any atom is -0.466 e. The zero-order valence-corrected chi connectivity index (χ0v) is 16.5. The largest absolute Gasteiger partial charge is 0.494 e. The Kier molecular flexibility index (Phi) is 5.31. The first-order valence-corrected chi connectivity index (χ1v) is 9.55. The molecule has 1 saturated heterocycles. The fourth-order valence-corrected chi connectivity index (χ4v) is 3.40. The van der Waals surface area contributed by atoms with Gasteiger partial charge in [-0.05, 0) is 70.5 Å². The van der Waals surface area contributed by atoms with E-state index >= 15 is 0 Å². The fourth-order valence-electron chi connectivity index (χ4n) is 3.40. The molecule has 0 amide bonds. The number of hydrogen-bond donors (Lipinski definition) is 0. The molecule has 0 radical (unpaired) electrons. The van der Waals surface area contributed by atoms with Gasteiger partial charge < -0.3 is 14.0 Å². The lowest BCUT2D eigenvalue weighted by Gasteiger charge is -2.32. The normalized spacial score (nSPS) is 24.3. The molecule has 0 saturated carbocycles. The SMILES string of the molecule is CCOC(=O)C1CC=C(c2ccc(B3OC(C)(C)C(C)(C)O3)cc2)CC1. The summed E-state index contributed by atoms with van der Waals surface area (Å²) >= 11 is 0. The van der Waals surface area contributed by atoms with E-state index in [1.54, 1.807) is 0 Å². The Morgan fingerprint density at radius 2 is 1.77 bits per heavy atom. The van der Waals surface area contributed by atoms with Crippen molar-refractivity contribution in [1.82, 2.24) is 0 Å². The van der Waals surface area contributed by atoms with Gasteiger partial charge in [-0.25, -0.2) is 0 Å². The molecule has 3 rings (SSSR count). The van der Waals surface area contributed by atoms with Gasteiger partial charge in [-0.1, -0.05) is 30.3 Å². The second-order valence-electron chi connectivity index (χ2n) is 8.16. The molecule has 0 bridgehead atoms. The van der Waals surface area contributed by atoms with Gasteiger partial charge in [-0.2, -0.15) is 0 Å². The van der Waals surface area contributed by atoms with Crippen LogP contribution < -0.4 is 5.46 Å². The van der Waals surface area contributed by atoms with Crippen molar-refractivity contribution < 1.29 is 18.8 Å². The predicted octanol–water partition coefficient (Wildman–Crippen LogP) is 3.73. The molecule has 1 aliphatic heterocycles. The number of carbonyl (C=O) groups excluding carboxylic acids is 1. The monoisotopic (exact) mass is 356 g/mol. The van der Waals surface area contributed by atoms with Gasteiger partial charge in [0.05, 0.1) is 23.7 Å². The molecule has 5 heteroatoms. The minimum absolute atomic E-state index is 0.00252. The summed E-state index contributed by atoms with van der Waals surface area (Å²) in [5.41, 5.74) is 2.88. The molecule has 1 aromatic carbocycles. The van der Waals surface area contributed by atoms with Crippen LogP contribution in [0.5, 0.6) is 0 Å². The van der Waals surface area contributed by atoms with Crippen LogP contribution in [0, 0.1) is 5.92 Å². The van der Waals surface area contributed by atoms with Crippen molar-refractivity contribution in [2.75, 3.05) is 6.61 Å². The van der Waals surface area contributed by atoms with Gasteiger partial charge in [-0.3, -0.25) is 4.79 Å². The summed E-state index contributed by atoms with van der Waals surface area (Å²) < 4.78 is 17.4. The van der Waals surface area contributed by atoms with Gasteiger partial charge in [0.25, 0.3) is 0 Å². The Morgan fingerprint density at radius 1 is 1.15 bits per heavy atom. The number of carbonyl (C=O) groups is 1. The van der Waals surface area contributed by atoms with E-state index in [0.717, 1.165) is 24.7 Å². The van der Waals surface area contributed by atoms with Crippen molar-refractivity contribution in [2.45, 2.75) is 65.1 Å². The summed E-state index contributed by atoms with van der Waals surface area (Å²) in [6.45, 7) is 10.6. The van der Waals surface area contributed by atoms with Crippen LogP contribution in [0.3, 0.4) is 0 Å². The van der Waals surface area contributed by atoms with E-state index in [2.05, 4.69) is 58.0 Å². The number of allylic oxidation sites excluding steroid dienone is 2. The first-order valence-electron chi connectivity index (χ1n) is 9.55. The summed E-state index contributed by atoms with van der Waals surface area (Å²) in [6.07, 6.45) is 4.69. The van der Waals surface area contributed by atoms with Crippen LogP contribution in [-0.4, -0.2) is 30.9 Å². The van der Waals surface area contributed by atoms with Gasteiger partial charge in [-0.15, -0.1) is 0 Å². The molecular formula is C21H29BO4. The van der Waals surface area contributed by atoms with Crippen LogP contribution in [0.2, 0.25) is 0 Å². The highest BCUT2D eigenvalue weighted by Crippen LogP contribution is 2.36. The van der Waals surface area contributed by atoms with Crippen LogP contribution in [0.15, 0.2) is 30.3 Å². The minimum atomic E-state index is -0.331. The van der Waals surface area contributed by atoms with E-state index in [-0.39, 0.29) is 30.2 Å². The van der Waals surface area contributed by atoms with Gasteiger partial charge >= 0.3 is 13.1 Å². The van der Waals surface area contributed by atoms with Gasteiger partial charge in [0, 0.05) is 0 Å². The fraction of sp³-hybridized carbons (Fsp3) is 0.571. The number of hydrogen-bond acceptors (Lipinski definition) is 4. The van der Waals surface area contributed by atoms with E-state index in [0.29, 0.717) is 6.61 Å². The van der Waals surface area contributed by atoms with Crippen LogP contribution in [0.25, 0.3) is 5.57 Å². The Bertz CT molecular complexity index is 674. The van der Waals surface area contributed by atoms with E-state index in [9.17, 15) is 4.79 Å². The maximum absolute atomic E-state index is 11.9. The standard InChI is InChI=1S/C21H29BO4/c1-6-24-19(23)17-9-7-15(8-10-17)16-11-13-18(14-12-16)22-25-20(2,3)21(4,5)26-22/h7,11-14,17H,6,8-10H2,1-5H3. The highest BCUT2D eigenvalue weighted by Gasteiger charge is 2.51. The molecule has 0 spiro atoms. The third-order valence-electron chi connectivity index (χ3n) is 5.84. The zero-order valence-electron chi connectivity index (χ0n) is 16.5. The quantitative estimate of drug-likeness (QED) is 0.609. The maximum atomic E-state index is 11.9. The zero-order chi connectivity index (χ0) is 18.9. The summed E-state index contributed by atoms with van der Waals surface area (Å²) in [6, 6.07) is 8.40. The second kappa shape index (κ2) is 7.20. The Labute approximate surface area is 157 Å². The molecular weight excluding hydrogens is 327 g/mol. The van der Waals surface area contributed by atoms with Gasteiger partial charge in [0.2, 0.25) is 0 Å². The third-order valence-corrected chi connectivity index (χ3v) is 5.84. The molecule has 0 N–H and O–H groups in total. The third kappa shape index (κ3) is 3.74. The topological polar surface area (TPSA) is 44.8 Å². The number of rotatable bonds is 4. The van der Waals surface area contributed by atoms with Crippen molar-refractivity contribution in [3.8, 4) is 0 Å². The predicted molar refractivity (Wildman–Crippen MR) is 104 cm³/mol. The van der Waals surface area contributed by atoms with Crippen LogP contribution in [-0.2, 0) is 18.8 Å². The smallest absolute Gasteiger partial charge is 0.466 e. The van der Waals surface area contributed by atoms with Crippen LogP contribution in [0.4, 0.5) is 0 Å². The van der Waals surface area contributed by atoms with Gasteiger partial charge in [0.1, 0.15) is 0 Å². The molecule has 140 valence electrons.